The van der Waals surface area contributed by atoms with Crippen LogP contribution in [0.4, 0.5) is 0 Å². The van der Waals surface area contributed by atoms with E-state index >= 15 is 0 Å². The molecule has 0 spiro atoms. The predicted molar refractivity (Wildman–Crippen MR) is 123 cm³/mol. The van der Waals surface area contributed by atoms with Gasteiger partial charge in [0.2, 0.25) is 0 Å². The van der Waals surface area contributed by atoms with E-state index in [0.717, 1.165) is 5.56 Å². The van der Waals surface area contributed by atoms with Crippen LogP contribution in [0.15, 0.2) is 72.8 Å². The maximum atomic E-state index is 12.0. The Morgan fingerprint density at radius 1 is 0.812 bits per heavy atom. The summed E-state index contributed by atoms with van der Waals surface area (Å²) in [6, 6.07) is 22.1. The van der Waals surface area contributed by atoms with Crippen molar-refractivity contribution >= 4 is 5.97 Å². The third-order valence-electron chi connectivity index (χ3n) is 5.24. The summed E-state index contributed by atoms with van der Waals surface area (Å²) in [5.74, 6) is 6.65. The summed E-state index contributed by atoms with van der Waals surface area (Å²) in [4.78, 5) is 10.6. The van der Waals surface area contributed by atoms with Crippen LogP contribution in [0.1, 0.15) is 41.5 Å². The van der Waals surface area contributed by atoms with Gasteiger partial charge >= 0.3 is 5.97 Å². The number of carbonyl (C=O) groups is 1. The number of carboxylic acid groups (broad SMARTS) is 1. The highest BCUT2D eigenvalue weighted by molar-refractivity contribution is 5.66. The van der Waals surface area contributed by atoms with Crippen molar-refractivity contribution in [3.63, 3.8) is 0 Å². The van der Waals surface area contributed by atoms with Gasteiger partial charge in [-0.3, -0.25) is 4.79 Å². The summed E-state index contributed by atoms with van der Waals surface area (Å²) in [5, 5.41) is 20.7. The molecule has 0 heterocycles. The van der Waals surface area contributed by atoms with Gasteiger partial charge in [0.05, 0.1) is 14.2 Å². The first-order chi connectivity index (χ1) is 15.5. The lowest BCUT2D eigenvalue weighted by Crippen LogP contribution is -2.28. The monoisotopic (exact) mass is 430 g/mol. The number of ether oxygens (including phenoxy) is 2. The zero-order valence-electron chi connectivity index (χ0n) is 18.2. The van der Waals surface area contributed by atoms with E-state index in [1.54, 1.807) is 14.2 Å². The van der Waals surface area contributed by atoms with Crippen LogP contribution in [0.3, 0.4) is 0 Å². The molecule has 3 aromatic carbocycles. The zero-order valence-corrected chi connectivity index (χ0v) is 18.2. The molecule has 0 bridgehead atoms. The van der Waals surface area contributed by atoms with Crippen molar-refractivity contribution in [2.75, 3.05) is 14.2 Å². The minimum Gasteiger partial charge on any atom is -0.497 e. The number of rotatable bonds is 8. The second kappa shape index (κ2) is 10.5. The smallest absolute Gasteiger partial charge is 0.303 e. The number of hydrogen-bond donors (Lipinski definition) is 2. The molecule has 0 aliphatic rings. The van der Waals surface area contributed by atoms with E-state index in [9.17, 15) is 9.90 Å². The lowest BCUT2D eigenvalue weighted by atomic mass is 9.80. The lowest BCUT2D eigenvalue weighted by Gasteiger charge is -2.30. The van der Waals surface area contributed by atoms with Crippen molar-refractivity contribution in [3.05, 3.63) is 95.1 Å². The van der Waals surface area contributed by atoms with Crippen molar-refractivity contribution in [2.45, 2.75) is 24.9 Å². The first kappa shape index (κ1) is 22.9. The largest absolute Gasteiger partial charge is 0.497 e. The van der Waals surface area contributed by atoms with Crippen LogP contribution in [0.5, 0.6) is 11.5 Å². The van der Waals surface area contributed by atoms with E-state index in [4.69, 9.17) is 14.6 Å². The number of aliphatic hydroxyl groups is 1. The van der Waals surface area contributed by atoms with Crippen LogP contribution < -0.4 is 9.47 Å². The second-order valence-electron chi connectivity index (χ2n) is 7.29. The van der Waals surface area contributed by atoms with E-state index in [1.165, 1.54) is 0 Å². The molecule has 0 saturated carbocycles. The summed E-state index contributed by atoms with van der Waals surface area (Å²) < 4.78 is 10.5. The molecule has 164 valence electrons. The molecule has 5 nitrogen and oxygen atoms in total. The van der Waals surface area contributed by atoms with Crippen LogP contribution in [0, 0.1) is 11.8 Å². The van der Waals surface area contributed by atoms with Gasteiger partial charge in [-0.05, 0) is 59.5 Å². The van der Waals surface area contributed by atoms with E-state index in [1.807, 2.05) is 72.8 Å². The Morgan fingerprint density at radius 3 is 1.66 bits per heavy atom. The molecule has 0 aromatic heterocycles. The molecule has 5 heteroatoms. The Labute approximate surface area is 188 Å². The van der Waals surface area contributed by atoms with Crippen molar-refractivity contribution in [3.8, 4) is 23.3 Å². The Balaban J connectivity index is 1.94. The number of aliphatic carboxylic acids is 1. The van der Waals surface area contributed by atoms with Gasteiger partial charge in [-0.15, -0.1) is 0 Å². The highest BCUT2D eigenvalue weighted by Gasteiger charge is 2.33. The average Bonchev–Trinajstić information content (AvgIpc) is 2.83. The molecule has 0 aliphatic carbocycles. The van der Waals surface area contributed by atoms with Crippen LogP contribution in [-0.4, -0.2) is 30.4 Å². The molecule has 3 rings (SSSR count). The molecule has 0 fully saturated rings. The lowest BCUT2D eigenvalue weighted by molar-refractivity contribution is -0.137. The highest BCUT2D eigenvalue weighted by Crippen LogP contribution is 2.38. The topological polar surface area (TPSA) is 76.0 Å². The summed E-state index contributed by atoms with van der Waals surface area (Å²) in [6.45, 7) is 0. The third kappa shape index (κ3) is 5.29. The van der Waals surface area contributed by atoms with Gasteiger partial charge in [-0.2, -0.15) is 0 Å². The minimum atomic E-state index is -1.38. The van der Waals surface area contributed by atoms with Gasteiger partial charge in [-0.1, -0.05) is 48.2 Å². The number of unbranched alkanes of at least 4 members (excludes halogenated alkanes) is 1. The quantitative estimate of drug-likeness (QED) is 0.310. The van der Waals surface area contributed by atoms with Gasteiger partial charge < -0.3 is 19.7 Å². The number of benzene rings is 3. The molecule has 0 atom stereocenters. The fraction of sp³-hybridized carbons (Fsp3) is 0.222. The SMILES string of the molecule is COc1ccc(C(O)(c2ccc(C#CCCCC(=O)O)cc2)c2ccc(OC)cc2)cc1. The molecule has 2 N–H and O–H groups in total. The van der Waals surface area contributed by atoms with E-state index in [2.05, 4.69) is 11.8 Å². The normalized spacial score (nSPS) is 10.7. The van der Waals surface area contributed by atoms with E-state index in [0.29, 0.717) is 41.0 Å². The van der Waals surface area contributed by atoms with Crippen molar-refractivity contribution in [1.29, 1.82) is 0 Å². The third-order valence-corrected chi connectivity index (χ3v) is 5.24. The Morgan fingerprint density at radius 2 is 1.25 bits per heavy atom. The second-order valence-corrected chi connectivity index (χ2v) is 7.29. The molecule has 0 amide bonds. The Bertz CT molecular complexity index is 1040. The van der Waals surface area contributed by atoms with Crippen molar-refractivity contribution in [1.82, 2.24) is 0 Å². The van der Waals surface area contributed by atoms with Gasteiger partial charge in [0, 0.05) is 18.4 Å². The van der Waals surface area contributed by atoms with Gasteiger partial charge in [0.25, 0.3) is 0 Å². The van der Waals surface area contributed by atoms with Crippen LogP contribution >= 0.6 is 0 Å². The molecule has 0 aliphatic heterocycles. The molecule has 0 radical (unpaired) electrons. The van der Waals surface area contributed by atoms with Gasteiger partial charge in [0.15, 0.2) is 0 Å². The first-order valence-electron chi connectivity index (χ1n) is 10.3. The van der Waals surface area contributed by atoms with Crippen molar-refractivity contribution in [2.24, 2.45) is 0 Å². The van der Waals surface area contributed by atoms with Gasteiger partial charge in [0.1, 0.15) is 17.1 Å². The van der Waals surface area contributed by atoms with Crippen LogP contribution in [-0.2, 0) is 10.4 Å². The van der Waals surface area contributed by atoms with Crippen LogP contribution in [0.25, 0.3) is 0 Å². The molecule has 32 heavy (non-hydrogen) atoms. The standard InChI is InChI=1S/C27H26O5/c1-31-24-16-12-22(13-17-24)27(30,23-14-18-25(32-2)19-15-23)21-10-8-20(9-11-21)6-4-3-5-7-26(28)29/h8-19,30H,3,5,7H2,1-2H3,(H,28,29). The maximum absolute atomic E-state index is 12.0. The molecule has 0 saturated heterocycles. The fourth-order valence-corrected chi connectivity index (χ4v) is 3.45. The van der Waals surface area contributed by atoms with E-state index < -0.39 is 11.6 Å². The average molecular weight is 431 g/mol. The minimum absolute atomic E-state index is 0.115. The highest BCUT2D eigenvalue weighted by atomic mass is 16.5. The summed E-state index contributed by atoms with van der Waals surface area (Å²) in [7, 11) is 3.21. The Hall–Kier alpha value is -3.75. The summed E-state index contributed by atoms with van der Waals surface area (Å²) >= 11 is 0. The molecular weight excluding hydrogens is 404 g/mol. The molecule has 0 unspecified atom stereocenters. The number of methoxy groups -OCH3 is 2. The van der Waals surface area contributed by atoms with Gasteiger partial charge in [-0.25, -0.2) is 0 Å². The number of carboxylic acids is 1. The fourth-order valence-electron chi connectivity index (χ4n) is 3.45. The predicted octanol–water partition coefficient (Wildman–Crippen LogP) is 4.59. The molecule has 3 aromatic rings. The zero-order chi connectivity index (χ0) is 23.0. The number of hydrogen-bond acceptors (Lipinski definition) is 4. The first-order valence-corrected chi connectivity index (χ1v) is 10.3. The summed E-state index contributed by atoms with van der Waals surface area (Å²) in [6.07, 6.45) is 1.16. The summed E-state index contributed by atoms with van der Waals surface area (Å²) in [5.41, 5.74) is 1.53. The van der Waals surface area contributed by atoms with Crippen molar-refractivity contribution < 1.29 is 24.5 Å². The van der Waals surface area contributed by atoms with E-state index in [-0.39, 0.29) is 6.42 Å². The maximum Gasteiger partial charge on any atom is 0.303 e. The Kier molecular flexibility index (Phi) is 7.54. The molecular formula is C27H26O5. The van der Waals surface area contributed by atoms with Crippen LogP contribution in [0.2, 0.25) is 0 Å².